The maximum Gasteiger partial charge on any atom is 0.252 e. The number of benzene rings is 1. The number of nitrogens with one attached hydrogen (secondary N) is 1. The first-order chi connectivity index (χ1) is 10.4. The molecule has 2 rings (SSSR count). The van der Waals surface area contributed by atoms with Crippen LogP contribution in [0.25, 0.3) is 0 Å². The van der Waals surface area contributed by atoms with E-state index in [1.807, 2.05) is 0 Å². The SMILES string of the molecule is CN(CC(=O)NCc1ccccc1F)S(=O)(=O)c1cccs1. The maximum atomic E-state index is 13.4. The Labute approximate surface area is 132 Å². The number of halogens is 1. The van der Waals surface area contributed by atoms with E-state index in [0.717, 1.165) is 15.6 Å². The summed E-state index contributed by atoms with van der Waals surface area (Å²) in [6.45, 7) is -0.312. The van der Waals surface area contributed by atoms with Gasteiger partial charge in [0, 0.05) is 19.2 Å². The normalized spacial score (nSPS) is 11.6. The van der Waals surface area contributed by atoms with Crippen LogP contribution in [0.15, 0.2) is 46.0 Å². The highest BCUT2D eigenvalue weighted by Gasteiger charge is 2.23. The van der Waals surface area contributed by atoms with Crippen molar-refractivity contribution in [3.63, 3.8) is 0 Å². The molecule has 1 aromatic heterocycles. The number of nitrogens with zero attached hydrogens (tertiary/aromatic N) is 1. The molecular formula is C14H15FN2O3S2. The Morgan fingerprint density at radius 2 is 2.00 bits per heavy atom. The second-order valence-electron chi connectivity index (χ2n) is 4.56. The summed E-state index contributed by atoms with van der Waals surface area (Å²) < 4.78 is 38.9. The van der Waals surface area contributed by atoms with Crippen LogP contribution in [0.3, 0.4) is 0 Å². The van der Waals surface area contributed by atoms with E-state index >= 15 is 0 Å². The second kappa shape index (κ2) is 6.99. The molecule has 2 aromatic rings. The van der Waals surface area contributed by atoms with Crippen molar-refractivity contribution in [2.45, 2.75) is 10.8 Å². The highest BCUT2D eigenvalue weighted by atomic mass is 32.2. The van der Waals surface area contributed by atoms with Gasteiger partial charge in [0.05, 0.1) is 6.54 Å². The standard InChI is InChI=1S/C14H15FN2O3S2/c1-17(22(19,20)14-7-4-8-21-14)10-13(18)16-9-11-5-2-3-6-12(11)15/h2-8H,9-10H2,1H3,(H,16,18). The van der Waals surface area contributed by atoms with Crippen molar-refractivity contribution in [2.24, 2.45) is 0 Å². The lowest BCUT2D eigenvalue weighted by molar-refractivity contribution is -0.121. The van der Waals surface area contributed by atoms with E-state index in [0.29, 0.717) is 5.56 Å². The average Bonchev–Trinajstić information content (AvgIpc) is 3.01. The summed E-state index contributed by atoms with van der Waals surface area (Å²) in [4.78, 5) is 11.8. The van der Waals surface area contributed by atoms with E-state index in [1.54, 1.807) is 29.6 Å². The molecule has 0 aliphatic rings. The van der Waals surface area contributed by atoms with Crippen molar-refractivity contribution in [1.82, 2.24) is 9.62 Å². The first-order valence-electron chi connectivity index (χ1n) is 6.41. The summed E-state index contributed by atoms with van der Waals surface area (Å²) in [5.41, 5.74) is 0.347. The highest BCUT2D eigenvalue weighted by Crippen LogP contribution is 2.19. The number of amides is 1. The van der Waals surface area contributed by atoms with Gasteiger partial charge in [-0.3, -0.25) is 4.79 Å². The molecule has 1 heterocycles. The molecule has 0 fully saturated rings. The predicted octanol–water partition coefficient (Wildman–Crippen LogP) is 1.82. The van der Waals surface area contributed by atoms with Crippen molar-refractivity contribution < 1.29 is 17.6 Å². The van der Waals surface area contributed by atoms with Gasteiger partial charge in [-0.1, -0.05) is 24.3 Å². The number of sulfonamides is 1. The number of thiophene rings is 1. The molecule has 0 saturated carbocycles. The van der Waals surface area contributed by atoms with Crippen molar-refractivity contribution in [2.75, 3.05) is 13.6 Å². The Hall–Kier alpha value is -1.77. The molecule has 118 valence electrons. The van der Waals surface area contributed by atoms with E-state index in [1.165, 1.54) is 19.2 Å². The fraction of sp³-hybridized carbons (Fsp3) is 0.214. The summed E-state index contributed by atoms with van der Waals surface area (Å²) in [5.74, 6) is -0.909. The van der Waals surface area contributed by atoms with Gasteiger partial charge >= 0.3 is 0 Å². The zero-order valence-electron chi connectivity index (χ0n) is 11.8. The number of rotatable bonds is 6. The zero-order valence-corrected chi connectivity index (χ0v) is 13.5. The lowest BCUT2D eigenvalue weighted by Crippen LogP contribution is -2.37. The van der Waals surface area contributed by atoms with Gasteiger partial charge in [0.2, 0.25) is 5.91 Å². The lowest BCUT2D eigenvalue weighted by atomic mass is 10.2. The van der Waals surface area contributed by atoms with Gasteiger partial charge in [-0.15, -0.1) is 11.3 Å². The van der Waals surface area contributed by atoms with E-state index in [2.05, 4.69) is 5.32 Å². The molecule has 1 amide bonds. The van der Waals surface area contributed by atoms with Gasteiger partial charge < -0.3 is 5.32 Å². The summed E-state index contributed by atoms with van der Waals surface area (Å²) in [6, 6.07) is 9.19. The first kappa shape index (κ1) is 16.6. The van der Waals surface area contributed by atoms with Gasteiger partial charge in [0.15, 0.2) is 0 Å². The summed E-state index contributed by atoms with van der Waals surface area (Å²) in [7, 11) is -2.33. The van der Waals surface area contributed by atoms with Crippen molar-refractivity contribution in [3.05, 3.63) is 53.2 Å². The molecule has 0 bridgehead atoms. The van der Waals surface area contributed by atoms with E-state index < -0.39 is 21.7 Å². The molecule has 0 spiro atoms. The van der Waals surface area contributed by atoms with Crippen LogP contribution in [-0.2, 0) is 21.4 Å². The van der Waals surface area contributed by atoms with Gasteiger partial charge in [0.1, 0.15) is 10.0 Å². The molecule has 0 aliphatic carbocycles. The van der Waals surface area contributed by atoms with Crippen LogP contribution in [0.5, 0.6) is 0 Å². The van der Waals surface area contributed by atoms with E-state index in [9.17, 15) is 17.6 Å². The average molecular weight is 342 g/mol. The van der Waals surface area contributed by atoms with Gasteiger partial charge in [-0.05, 0) is 17.5 Å². The molecule has 8 heteroatoms. The number of likely N-dealkylation sites (N-methyl/N-ethyl adjacent to an activating group) is 1. The minimum Gasteiger partial charge on any atom is -0.351 e. The molecule has 22 heavy (non-hydrogen) atoms. The molecule has 0 radical (unpaired) electrons. The van der Waals surface area contributed by atoms with Gasteiger partial charge in [0.25, 0.3) is 10.0 Å². The minimum atomic E-state index is -3.66. The molecular weight excluding hydrogens is 327 g/mol. The molecule has 1 aromatic carbocycles. The van der Waals surface area contributed by atoms with Crippen LogP contribution in [-0.4, -0.2) is 32.2 Å². The minimum absolute atomic E-state index is 0.0123. The molecule has 0 aliphatic heterocycles. The molecule has 1 N–H and O–H groups in total. The Morgan fingerprint density at radius 1 is 1.27 bits per heavy atom. The third-order valence-corrected chi connectivity index (χ3v) is 6.14. The third-order valence-electron chi connectivity index (χ3n) is 2.96. The van der Waals surface area contributed by atoms with Gasteiger partial charge in [-0.25, -0.2) is 12.8 Å². The summed E-state index contributed by atoms with van der Waals surface area (Å²) >= 11 is 1.09. The smallest absolute Gasteiger partial charge is 0.252 e. The molecule has 5 nitrogen and oxygen atoms in total. The number of hydrogen-bond donors (Lipinski definition) is 1. The number of carbonyl (C=O) groups excluding carboxylic acids is 1. The van der Waals surface area contributed by atoms with Crippen LogP contribution in [0.2, 0.25) is 0 Å². The van der Waals surface area contributed by atoms with Crippen LogP contribution in [0.1, 0.15) is 5.56 Å². The van der Waals surface area contributed by atoms with Crippen LogP contribution in [0.4, 0.5) is 4.39 Å². The Bertz CT molecular complexity index is 745. The van der Waals surface area contributed by atoms with Crippen molar-refractivity contribution in [1.29, 1.82) is 0 Å². The van der Waals surface area contributed by atoms with Crippen molar-refractivity contribution in [3.8, 4) is 0 Å². The molecule has 0 unspecified atom stereocenters. The first-order valence-corrected chi connectivity index (χ1v) is 8.73. The van der Waals surface area contributed by atoms with E-state index in [4.69, 9.17) is 0 Å². The summed E-state index contributed by atoms with van der Waals surface area (Å²) in [6.07, 6.45) is 0. The Kier molecular flexibility index (Phi) is 5.28. The number of hydrogen-bond acceptors (Lipinski definition) is 4. The third kappa shape index (κ3) is 3.90. The quantitative estimate of drug-likeness (QED) is 0.871. The fourth-order valence-electron chi connectivity index (χ4n) is 1.74. The van der Waals surface area contributed by atoms with Crippen molar-refractivity contribution >= 4 is 27.3 Å². The zero-order chi connectivity index (χ0) is 16.2. The van der Waals surface area contributed by atoms with Gasteiger partial charge in [-0.2, -0.15) is 4.31 Å². The maximum absolute atomic E-state index is 13.4. The molecule has 0 atom stereocenters. The van der Waals surface area contributed by atoms with Crippen LogP contribution < -0.4 is 5.32 Å². The highest BCUT2D eigenvalue weighted by molar-refractivity contribution is 7.91. The second-order valence-corrected chi connectivity index (χ2v) is 7.78. The lowest BCUT2D eigenvalue weighted by Gasteiger charge is -2.15. The Morgan fingerprint density at radius 3 is 2.64 bits per heavy atom. The molecule has 0 saturated heterocycles. The fourth-order valence-corrected chi connectivity index (χ4v) is 4.07. The summed E-state index contributed by atoms with van der Waals surface area (Å²) in [5, 5.41) is 4.16. The largest absolute Gasteiger partial charge is 0.351 e. The Balaban J connectivity index is 1.93. The monoisotopic (exact) mass is 342 g/mol. The van der Waals surface area contributed by atoms with E-state index in [-0.39, 0.29) is 17.3 Å². The van der Waals surface area contributed by atoms with Crippen LogP contribution >= 0.6 is 11.3 Å². The number of carbonyl (C=O) groups is 1. The van der Waals surface area contributed by atoms with Crippen LogP contribution in [0, 0.1) is 5.82 Å². The topological polar surface area (TPSA) is 66.5 Å². The predicted molar refractivity (Wildman–Crippen MR) is 82.4 cm³/mol.